The Bertz CT molecular complexity index is 148. The van der Waals surface area contributed by atoms with Crippen molar-refractivity contribution in [3.8, 4) is 0 Å². The molecule has 0 unspecified atom stereocenters. The summed E-state index contributed by atoms with van der Waals surface area (Å²) in [6.45, 7) is 8.88. The number of allylic oxidation sites excluding steroid dienone is 2. The second-order valence-electron chi connectivity index (χ2n) is 3.58. The van der Waals surface area contributed by atoms with Crippen LogP contribution in [0.4, 0.5) is 0 Å². The number of hydrogen-bond acceptors (Lipinski definition) is 1. The molecule has 1 rings (SSSR count). The molecule has 52 valence electrons. The van der Waals surface area contributed by atoms with E-state index in [1.807, 2.05) is 0 Å². The molecule has 0 atom stereocenters. The van der Waals surface area contributed by atoms with Crippen molar-refractivity contribution in [3.63, 3.8) is 0 Å². The molecule has 0 fully saturated rings. The third-order valence-electron chi connectivity index (χ3n) is 1.62. The Kier molecular flexibility index (Phi) is 1.30. The minimum Gasteiger partial charge on any atom is -0.359 e. The fourth-order valence-corrected chi connectivity index (χ4v) is 1.02. The minimum absolute atomic E-state index is 0.353. The molecule has 0 saturated carbocycles. The van der Waals surface area contributed by atoms with Crippen LogP contribution in [0.5, 0.6) is 0 Å². The van der Waals surface area contributed by atoms with E-state index in [4.69, 9.17) is 0 Å². The maximum absolute atomic E-state index is 3.29. The van der Waals surface area contributed by atoms with Crippen LogP contribution >= 0.6 is 0 Å². The monoisotopic (exact) mass is 125 g/mol. The second kappa shape index (κ2) is 1.76. The van der Waals surface area contributed by atoms with Crippen LogP contribution in [0.2, 0.25) is 0 Å². The number of rotatable bonds is 1. The van der Waals surface area contributed by atoms with Crippen LogP contribution in [0.3, 0.4) is 0 Å². The van der Waals surface area contributed by atoms with Crippen molar-refractivity contribution in [3.05, 3.63) is 11.4 Å². The Morgan fingerprint density at radius 1 is 1.33 bits per heavy atom. The summed E-state index contributed by atoms with van der Waals surface area (Å²) in [7, 11) is 0. The predicted octanol–water partition coefficient (Wildman–Crippen LogP) is 2.26. The summed E-state index contributed by atoms with van der Waals surface area (Å²) in [5.74, 6) is 0. The Labute approximate surface area is 57.1 Å². The van der Waals surface area contributed by atoms with Crippen LogP contribution in [-0.4, -0.2) is 0 Å². The van der Waals surface area contributed by atoms with E-state index < -0.39 is 0 Å². The van der Waals surface area contributed by atoms with E-state index in [-0.39, 0.29) is 0 Å². The van der Waals surface area contributed by atoms with Crippen LogP contribution in [-0.2, 0) is 0 Å². The normalized spacial score (nSPS) is 17.8. The van der Waals surface area contributed by atoms with Gasteiger partial charge in [0.25, 0.3) is 0 Å². The quantitative estimate of drug-likeness (QED) is 0.570. The molecule has 1 aliphatic heterocycles. The zero-order valence-corrected chi connectivity index (χ0v) is 6.71. The lowest BCUT2D eigenvalue weighted by Gasteiger charge is -2.10. The average Bonchev–Trinajstić information content (AvgIpc) is 2.39. The van der Waals surface area contributed by atoms with Crippen LogP contribution in [0, 0.1) is 5.41 Å². The maximum Gasteiger partial charge on any atom is 0.0399 e. The van der Waals surface area contributed by atoms with E-state index in [2.05, 4.69) is 33.0 Å². The van der Waals surface area contributed by atoms with Crippen molar-refractivity contribution in [2.24, 2.45) is 5.41 Å². The first kappa shape index (κ1) is 6.66. The molecular formula is C8H15N. The van der Waals surface area contributed by atoms with E-state index in [0.29, 0.717) is 5.41 Å². The van der Waals surface area contributed by atoms with Gasteiger partial charge >= 0.3 is 0 Å². The van der Waals surface area contributed by atoms with Gasteiger partial charge in [-0.1, -0.05) is 27.7 Å². The lowest BCUT2D eigenvalue weighted by molar-refractivity contribution is 0.511. The van der Waals surface area contributed by atoms with Gasteiger partial charge in [-0.05, 0) is 6.42 Å². The third-order valence-corrected chi connectivity index (χ3v) is 1.62. The SMILES string of the molecule is CCC1=C(C(C)(C)C)N1. The van der Waals surface area contributed by atoms with Gasteiger partial charge in [0.15, 0.2) is 0 Å². The highest BCUT2D eigenvalue weighted by atomic mass is 15.1. The van der Waals surface area contributed by atoms with E-state index in [0.717, 1.165) is 6.42 Å². The largest absolute Gasteiger partial charge is 0.359 e. The number of nitrogens with one attached hydrogen (secondary N) is 1. The van der Waals surface area contributed by atoms with Gasteiger partial charge in [-0.3, -0.25) is 0 Å². The lowest BCUT2D eigenvalue weighted by atomic mass is 9.95. The van der Waals surface area contributed by atoms with Gasteiger partial charge in [-0.15, -0.1) is 0 Å². The van der Waals surface area contributed by atoms with E-state index in [9.17, 15) is 0 Å². The third kappa shape index (κ3) is 1.26. The zero-order valence-electron chi connectivity index (χ0n) is 6.71. The first-order valence-corrected chi connectivity index (χ1v) is 3.56. The van der Waals surface area contributed by atoms with Gasteiger partial charge in [-0.25, -0.2) is 0 Å². The Hall–Kier alpha value is -0.460. The molecule has 1 aliphatic rings. The summed E-state index contributed by atoms with van der Waals surface area (Å²) in [6, 6.07) is 0. The number of hydrogen-bond donors (Lipinski definition) is 1. The highest BCUT2D eigenvalue weighted by Gasteiger charge is 2.29. The molecule has 0 aromatic rings. The maximum atomic E-state index is 3.29. The average molecular weight is 125 g/mol. The van der Waals surface area contributed by atoms with Crippen molar-refractivity contribution in [2.75, 3.05) is 0 Å². The molecule has 0 aliphatic carbocycles. The van der Waals surface area contributed by atoms with Crippen LogP contribution < -0.4 is 5.32 Å². The molecule has 1 nitrogen and oxygen atoms in total. The summed E-state index contributed by atoms with van der Waals surface area (Å²) >= 11 is 0. The molecule has 0 amide bonds. The molecule has 0 spiro atoms. The van der Waals surface area contributed by atoms with E-state index >= 15 is 0 Å². The van der Waals surface area contributed by atoms with Crippen molar-refractivity contribution < 1.29 is 0 Å². The zero-order chi connectivity index (χ0) is 7.07. The van der Waals surface area contributed by atoms with Crippen molar-refractivity contribution >= 4 is 0 Å². The molecule has 0 bridgehead atoms. The molecule has 9 heavy (non-hydrogen) atoms. The molecule has 1 heterocycles. The Balaban J connectivity index is 2.58. The highest BCUT2D eigenvalue weighted by molar-refractivity contribution is 5.33. The molecule has 0 saturated heterocycles. The van der Waals surface area contributed by atoms with Crippen LogP contribution in [0.1, 0.15) is 34.1 Å². The summed E-state index contributed by atoms with van der Waals surface area (Å²) < 4.78 is 0. The summed E-state index contributed by atoms with van der Waals surface area (Å²) in [5, 5.41) is 3.29. The first-order chi connectivity index (χ1) is 4.05. The Morgan fingerprint density at radius 3 is 2.00 bits per heavy atom. The summed E-state index contributed by atoms with van der Waals surface area (Å²) in [5.41, 5.74) is 3.25. The van der Waals surface area contributed by atoms with Crippen molar-refractivity contribution in [1.82, 2.24) is 5.32 Å². The lowest BCUT2D eigenvalue weighted by Crippen LogP contribution is -2.05. The van der Waals surface area contributed by atoms with Gasteiger partial charge in [0.1, 0.15) is 0 Å². The van der Waals surface area contributed by atoms with Crippen LogP contribution in [0.25, 0.3) is 0 Å². The van der Waals surface area contributed by atoms with Crippen molar-refractivity contribution in [1.29, 1.82) is 0 Å². The van der Waals surface area contributed by atoms with E-state index in [1.54, 1.807) is 0 Å². The minimum atomic E-state index is 0.353. The molecule has 1 N–H and O–H groups in total. The fraction of sp³-hybridized carbons (Fsp3) is 0.750. The first-order valence-electron chi connectivity index (χ1n) is 3.56. The Morgan fingerprint density at radius 2 is 1.89 bits per heavy atom. The summed E-state index contributed by atoms with van der Waals surface area (Å²) in [4.78, 5) is 0. The van der Waals surface area contributed by atoms with Gasteiger partial charge in [-0.2, -0.15) is 0 Å². The molecular weight excluding hydrogens is 110 g/mol. The van der Waals surface area contributed by atoms with Gasteiger partial charge in [0, 0.05) is 16.8 Å². The molecule has 0 aromatic heterocycles. The van der Waals surface area contributed by atoms with Gasteiger partial charge < -0.3 is 5.32 Å². The molecule has 1 heteroatoms. The smallest absolute Gasteiger partial charge is 0.0399 e. The van der Waals surface area contributed by atoms with Gasteiger partial charge in [0.05, 0.1) is 0 Å². The second-order valence-corrected chi connectivity index (χ2v) is 3.58. The van der Waals surface area contributed by atoms with Crippen LogP contribution in [0.15, 0.2) is 11.4 Å². The van der Waals surface area contributed by atoms with Gasteiger partial charge in [0.2, 0.25) is 0 Å². The topological polar surface area (TPSA) is 21.9 Å². The van der Waals surface area contributed by atoms with E-state index in [1.165, 1.54) is 11.4 Å². The summed E-state index contributed by atoms with van der Waals surface area (Å²) in [6.07, 6.45) is 1.16. The highest BCUT2D eigenvalue weighted by Crippen LogP contribution is 2.35. The van der Waals surface area contributed by atoms with Crippen molar-refractivity contribution in [2.45, 2.75) is 34.1 Å². The fourth-order valence-electron chi connectivity index (χ4n) is 1.02. The molecule has 0 radical (unpaired) electrons. The molecule has 0 aromatic carbocycles. The predicted molar refractivity (Wildman–Crippen MR) is 39.9 cm³/mol. The standard InChI is InChI=1S/C8H15N/c1-5-6-7(9-6)8(2,3)4/h9H,5H2,1-4H3.